The van der Waals surface area contributed by atoms with Gasteiger partial charge in [-0.05, 0) is 25.7 Å². The van der Waals surface area contributed by atoms with Crippen LogP contribution in [0.4, 0.5) is 0 Å². The van der Waals surface area contributed by atoms with Crippen molar-refractivity contribution in [3.63, 3.8) is 0 Å². The van der Waals surface area contributed by atoms with Crippen molar-refractivity contribution < 1.29 is 4.74 Å². The minimum absolute atomic E-state index is 0.0853. The molecular formula is C10H19NO. The first kappa shape index (κ1) is 8.52. The summed E-state index contributed by atoms with van der Waals surface area (Å²) in [5, 5.41) is 0. The van der Waals surface area contributed by atoms with Gasteiger partial charge >= 0.3 is 0 Å². The highest BCUT2D eigenvalue weighted by Crippen LogP contribution is 2.51. The molecule has 2 nitrogen and oxygen atoms in total. The van der Waals surface area contributed by atoms with Crippen LogP contribution in [0.2, 0.25) is 0 Å². The van der Waals surface area contributed by atoms with Crippen LogP contribution in [-0.2, 0) is 4.74 Å². The minimum Gasteiger partial charge on any atom is -0.378 e. The van der Waals surface area contributed by atoms with Crippen molar-refractivity contribution in [2.45, 2.75) is 51.2 Å². The molecule has 1 unspecified atom stereocenters. The summed E-state index contributed by atoms with van der Waals surface area (Å²) in [5.41, 5.74) is 6.49. The molecule has 0 bridgehead atoms. The van der Waals surface area contributed by atoms with Gasteiger partial charge in [-0.2, -0.15) is 0 Å². The molecule has 2 heteroatoms. The summed E-state index contributed by atoms with van der Waals surface area (Å²) in [6.07, 6.45) is 5.18. The monoisotopic (exact) mass is 169 g/mol. The highest BCUT2D eigenvalue weighted by Gasteiger charge is 2.55. The molecule has 2 fully saturated rings. The van der Waals surface area contributed by atoms with Gasteiger partial charge in [-0.1, -0.05) is 13.8 Å². The van der Waals surface area contributed by atoms with E-state index < -0.39 is 0 Å². The van der Waals surface area contributed by atoms with Crippen LogP contribution in [0.15, 0.2) is 0 Å². The second-order valence-corrected chi connectivity index (χ2v) is 4.88. The Morgan fingerprint density at radius 2 is 2.08 bits per heavy atom. The predicted molar refractivity (Wildman–Crippen MR) is 48.9 cm³/mol. The molecule has 0 radical (unpaired) electrons. The maximum atomic E-state index is 6.22. The van der Waals surface area contributed by atoms with Crippen LogP contribution >= 0.6 is 0 Å². The van der Waals surface area contributed by atoms with Gasteiger partial charge in [-0.3, -0.25) is 0 Å². The van der Waals surface area contributed by atoms with E-state index in [-0.39, 0.29) is 11.0 Å². The van der Waals surface area contributed by atoms with Gasteiger partial charge in [-0.25, -0.2) is 0 Å². The SMILES string of the molecule is CC(C)(C1CCCO1)C1(N)CC1. The highest BCUT2D eigenvalue weighted by molar-refractivity contribution is 5.12. The molecule has 1 aliphatic carbocycles. The van der Waals surface area contributed by atoms with Crippen molar-refractivity contribution in [3.05, 3.63) is 0 Å². The van der Waals surface area contributed by atoms with Gasteiger partial charge in [0.05, 0.1) is 6.10 Å². The first-order chi connectivity index (χ1) is 5.56. The van der Waals surface area contributed by atoms with Crippen molar-refractivity contribution >= 4 is 0 Å². The minimum atomic E-state index is 0.0853. The van der Waals surface area contributed by atoms with Crippen LogP contribution in [0.1, 0.15) is 39.5 Å². The summed E-state index contributed by atoms with van der Waals surface area (Å²) in [6.45, 7) is 5.45. The first-order valence-electron chi connectivity index (χ1n) is 4.97. The molecule has 0 spiro atoms. The Bertz CT molecular complexity index is 178. The summed E-state index contributed by atoms with van der Waals surface area (Å²) in [7, 11) is 0. The molecular weight excluding hydrogens is 150 g/mol. The van der Waals surface area contributed by atoms with Gasteiger partial charge in [0.25, 0.3) is 0 Å². The van der Waals surface area contributed by atoms with Crippen LogP contribution in [0.5, 0.6) is 0 Å². The number of ether oxygens (including phenoxy) is 1. The summed E-state index contributed by atoms with van der Waals surface area (Å²) < 4.78 is 5.70. The zero-order valence-corrected chi connectivity index (χ0v) is 8.10. The van der Waals surface area contributed by atoms with Crippen LogP contribution in [-0.4, -0.2) is 18.2 Å². The lowest BCUT2D eigenvalue weighted by Crippen LogP contribution is -2.47. The zero-order valence-electron chi connectivity index (χ0n) is 8.10. The largest absolute Gasteiger partial charge is 0.378 e. The van der Waals surface area contributed by atoms with E-state index in [1.165, 1.54) is 25.7 Å². The third kappa shape index (κ3) is 1.09. The molecule has 0 aromatic heterocycles. The summed E-state index contributed by atoms with van der Waals surface area (Å²) >= 11 is 0. The molecule has 1 atom stereocenters. The second kappa shape index (κ2) is 2.46. The molecule has 1 heterocycles. The third-order valence-corrected chi connectivity index (χ3v) is 3.81. The molecule has 70 valence electrons. The summed E-state index contributed by atoms with van der Waals surface area (Å²) in [4.78, 5) is 0. The maximum absolute atomic E-state index is 6.22. The molecule has 0 amide bonds. The average molecular weight is 169 g/mol. The lowest BCUT2D eigenvalue weighted by molar-refractivity contribution is -0.00125. The Morgan fingerprint density at radius 3 is 2.50 bits per heavy atom. The molecule has 1 aliphatic heterocycles. The van der Waals surface area contributed by atoms with E-state index in [0.29, 0.717) is 6.10 Å². The molecule has 0 aromatic carbocycles. The number of hydrogen-bond acceptors (Lipinski definition) is 2. The normalized spacial score (nSPS) is 33.8. The molecule has 2 N–H and O–H groups in total. The van der Waals surface area contributed by atoms with Crippen molar-refractivity contribution in [1.29, 1.82) is 0 Å². The number of nitrogens with two attached hydrogens (primary N) is 1. The number of rotatable bonds is 2. The zero-order chi connectivity index (χ0) is 8.82. The molecule has 1 saturated carbocycles. The topological polar surface area (TPSA) is 35.2 Å². The Labute approximate surface area is 74.5 Å². The van der Waals surface area contributed by atoms with Crippen LogP contribution in [0.25, 0.3) is 0 Å². The standard InChI is InChI=1S/C10H19NO/c1-9(2,10(11)5-6-10)8-4-3-7-12-8/h8H,3-7,11H2,1-2H3. The van der Waals surface area contributed by atoms with Crippen molar-refractivity contribution in [2.75, 3.05) is 6.61 Å². The van der Waals surface area contributed by atoms with E-state index in [9.17, 15) is 0 Å². The molecule has 0 aromatic rings. The molecule has 2 rings (SSSR count). The first-order valence-corrected chi connectivity index (χ1v) is 4.97. The van der Waals surface area contributed by atoms with E-state index in [0.717, 1.165) is 6.61 Å². The van der Waals surface area contributed by atoms with Gasteiger partial charge in [0.1, 0.15) is 0 Å². The third-order valence-electron chi connectivity index (χ3n) is 3.81. The summed E-state index contributed by atoms with van der Waals surface area (Å²) in [6, 6.07) is 0. The molecule has 12 heavy (non-hydrogen) atoms. The van der Waals surface area contributed by atoms with Crippen molar-refractivity contribution in [2.24, 2.45) is 11.1 Å². The Hall–Kier alpha value is -0.0800. The maximum Gasteiger partial charge on any atom is 0.0644 e. The highest BCUT2D eigenvalue weighted by atomic mass is 16.5. The quantitative estimate of drug-likeness (QED) is 0.682. The smallest absolute Gasteiger partial charge is 0.0644 e. The summed E-state index contributed by atoms with van der Waals surface area (Å²) in [5.74, 6) is 0. The van der Waals surface area contributed by atoms with Gasteiger partial charge < -0.3 is 10.5 Å². The van der Waals surface area contributed by atoms with Crippen molar-refractivity contribution in [3.8, 4) is 0 Å². The average Bonchev–Trinajstić information content (AvgIpc) is 2.59. The van der Waals surface area contributed by atoms with E-state index >= 15 is 0 Å². The second-order valence-electron chi connectivity index (χ2n) is 4.88. The fourth-order valence-corrected chi connectivity index (χ4v) is 2.25. The van der Waals surface area contributed by atoms with Crippen LogP contribution < -0.4 is 5.73 Å². The fraction of sp³-hybridized carbons (Fsp3) is 1.00. The van der Waals surface area contributed by atoms with E-state index in [4.69, 9.17) is 10.5 Å². The predicted octanol–water partition coefficient (Wildman–Crippen LogP) is 1.68. The van der Waals surface area contributed by atoms with Crippen LogP contribution in [0.3, 0.4) is 0 Å². The Balaban J connectivity index is 2.08. The van der Waals surface area contributed by atoms with Crippen LogP contribution in [0, 0.1) is 5.41 Å². The lowest BCUT2D eigenvalue weighted by Gasteiger charge is -2.37. The van der Waals surface area contributed by atoms with Gasteiger partial charge in [-0.15, -0.1) is 0 Å². The van der Waals surface area contributed by atoms with E-state index in [1.807, 2.05) is 0 Å². The molecule has 2 aliphatic rings. The van der Waals surface area contributed by atoms with Gasteiger partial charge in [0.2, 0.25) is 0 Å². The van der Waals surface area contributed by atoms with Gasteiger partial charge in [0.15, 0.2) is 0 Å². The van der Waals surface area contributed by atoms with E-state index in [1.54, 1.807) is 0 Å². The number of hydrogen-bond donors (Lipinski definition) is 1. The Morgan fingerprint density at radius 1 is 1.42 bits per heavy atom. The lowest BCUT2D eigenvalue weighted by atomic mass is 9.76. The molecule has 1 saturated heterocycles. The Kier molecular flexibility index (Phi) is 1.74. The van der Waals surface area contributed by atoms with E-state index in [2.05, 4.69) is 13.8 Å². The van der Waals surface area contributed by atoms with Crippen molar-refractivity contribution in [1.82, 2.24) is 0 Å². The van der Waals surface area contributed by atoms with Gasteiger partial charge in [0, 0.05) is 17.6 Å². The fourth-order valence-electron chi connectivity index (χ4n) is 2.25.